The number of nitrogens with zero attached hydrogens (tertiary/aromatic N) is 2. The standard InChI is InChI=1S/C12H13N5/c13-10(14)12-16-7-9(11(15)17-12)6-8-4-2-1-3-5-8/h1-5,7H,6H2,(H3,13,14)(H2,15,16,17). The van der Waals surface area contributed by atoms with Gasteiger partial charge in [-0.3, -0.25) is 5.41 Å². The predicted octanol–water partition coefficient (Wildman–Crippen LogP) is 0.934. The Morgan fingerprint density at radius 3 is 2.53 bits per heavy atom. The number of anilines is 1. The molecular formula is C12H13N5. The second-order valence-corrected chi connectivity index (χ2v) is 3.68. The Morgan fingerprint density at radius 2 is 1.94 bits per heavy atom. The van der Waals surface area contributed by atoms with Gasteiger partial charge in [-0.05, 0) is 5.56 Å². The number of nitrogen functional groups attached to an aromatic ring is 2. The van der Waals surface area contributed by atoms with Crippen LogP contribution in [0.4, 0.5) is 5.82 Å². The molecule has 0 spiro atoms. The van der Waals surface area contributed by atoms with Crippen LogP contribution in [0.25, 0.3) is 0 Å². The van der Waals surface area contributed by atoms with Crippen molar-refractivity contribution >= 4 is 11.7 Å². The summed E-state index contributed by atoms with van der Waals surface area (Å²) in [6.07, 6.45) is 2.29. The van der Waals surface area contributed by atoms with Crippen molar-refractivity contribution in [3.63, 3.8) is 0 Å². The molecule has 5 nitrogen and oxygen atoms in total. The molecule has 0 aliphatic heterocycles. The minimum atomic E-state index is -0.178. The maximum Gasteiger partial charge on any atom is 0.196 e. The Hall–Kier alpha value is -2.43. The Balaban J connectivity index is 2.26. The molecule has 0 bridgehead atoms. The molecule has 0 aliphatic rings. The van der Waals surface area contributed by atoms with Crippen molar-refractivity contribution < 1.29 is 0 Å². The molecule has 1 aromatic heterocycles. The lowest BCUT2D eigenvalue weighted by atomic mass is 10.1. The number of hydrogen-bond donors (Lipinski definition) is 3. The van der Waals surface area contributed by atoms with E-state index < -0.39 is 0 Å². The van der Waals surface area contributed by atoms with E-state index in [1.165, 1.54) is 0 Å². The second kappa shape index (κ2) is 4.61. The summed E-state index contributed by atoms with van der Waals surface area (Å²) in [6.45, 7) is 0. The van der Waals surface area contributed by atoms with Gasteiger partial charge in [0.1, 0.15) is 5.82 Å². The summed E-state index contributed by atoms with van der Waals surface area (Å²) in [4.78, 5) is 7.98. The third-order valence-corrected chi connectivity index (χ3v) is 2.38. The van der Waals surface area contributed by atoms with Crippen LogP contribution in [0.1, 0.15) is 17.0 Å². The van der Waals surface area contributed by atoms with Gasteiger partial charge in [0.25, 0.3) is 0 Å². The highest BCUT2D eigenvalue weighted by atomic mass is 15.0. The molecule has 0 saturated carbocycles. The van der Waals surface area contributed by atoms with E-state index in [1.54, 1.807) is 6.20 Å². The van der Waals surface area contributed by atoms with Crippen molar-refractivity contribution in [3.05, 3.63) is 53.5 Å². The minimum absolute atomic E-state index is 0.166. The van der Waals surface area contributed by atoms with Crippen LogP contribution in [-0.2, 0) is 6.42 Å². The smallest absolute Gasteiger partial charge is 0.196 e. The van der Waals surface area contributed by atoms with Crippen molar-refractivity contribution in [2.75, 3.05) is 5.73 Å². The van der Waals surface area contributed by atoms with Crippen LogP contribution in [0.3, 0.4) is 0 Å². The van der Waals surface area contributed by atoms with Crippen LogP contribution < -0.4 is 11.5 Å². The van der Waals surface area contributed by atoms with E-state index in [4.69, 9.17) is 16.9 Å². The first-order chi connectivity index (χ1) is 8.16. The second-order valence-electron chi connectivity index (χ2n) is 3.68. The molecule has 0 aliphatic carbocycles. The fourth-order valence-corrected chi connectivity index (χ4v) is 1.50. The lowest BCUT2D eigenvalue weighted by Gasteiger charge is -2.05. The van der Waals surface area contributed by atoms with Crippen LogP contribution >= 0.6 is 0 Å². The Bertz CT molecular complexity index is 536. The van der Waals surface area contributed by atoms with Crippen LogP contribution in [0.15, 0.2) is 36.5 Å². The molecule has 1 aromatic carbocycles. The van der Waals surface area contributed by atoms with Gasteiger partial charge in [-0.1, -0.05) is 30.3 Å². The lowest BCUT2D eigenvalue weighted by molar-refractivity contribution is 1.05. The van der Waals surface area contributed by atoms with Crippen molar-refractivity contribution in [1.29, 1.82) is 5.41 Å². The minimum Gasteiger partial charge on any atom is -0.383 e. The average Bonchev–Trinajstić information content (AvgIpc) is 2.33. The fourth-order valence-electron chi connectivity index (χ4n) is 1.50. The van der Waals surface area contributed by atoms with E-state index in [2.05, 4.69) is 9.97 Å². The molecule has 1 heterocycles. The van der Waals surface area contributed by atoms with Gasteiger partial charge in [0.2, 0.25) is 0 Å². The van der Waals surface area contributed by atoms with E-state index in [-0.39, 0.29) is 11.7 Å². The van der Waals surface area contributed by atoms with Gasteiger partial charge >= 0.3 is 0 Å². The zero-order valence-corrected chi connectivity index (χ0v) is 9.22. The molecule has 0 atom stereocenters. The maximum absolute atomic E-state index is 7.22. The quantitative estimate of drug-likeness (QED) is 0.536. The highest BCUT2D eigenvalue weighted by molar-refractivity contribution is 5.91. The molecule has 2 rings (SSSR count). The van der Waals surface area contributed by atoms with E-state index in [0.29, 0.717) is 12.2 Å². The number of nitrogens with one attached hydrogen (secondary N) is 1. The zero-order chi connectivity index (χ0) is 12.3. The summed E-state index contributed by atoms with van der Waals surface area (Å²) in [7, 11) is 0. The molecule has 0 unspecified atom stereocenters. The summed E-state index contributed by atoms with van der Waals surface area (Å²) >= 11 is 0. The highest BCUT2D eigenvalue weighted by Gasteiger charge is 2.06. The van der Waals surface area contributed by atoms with Gasteiger partial charge in [-0.25, -0.2) is 9.97 Å². The zero-order valence-electron chi connectivity index (χ0n) is 9.22. The first kappa shape index (κ1) is 11.1. The van der Waals surface area contributed by atoms with Crippen molar-refractivity contribution in [3.8, 4) is 0 Å². The summed E-state index contributed by atoms with van der Waals surface area (Å²) < 4.78 is 0. The molecule has 86 valence electrons. The third-order valence-electron chi connectivity index (χ3n) is 2.38. The van der Waals surface area contributed by atoms with Gasteiger partial charge in [-0.2, -0.15) is 0 Å². The molecule has 5 heteroatoms. The number of hydrogen-bond acceptors (Lipinski definition) is 4. The molecule has 0 fully saturated rings. The van der Waals surface area contributed by atoms with Crippen LogP contribution in [-0.4, -0.2) is 15.8 Å². The molecule has 2 aromatic rings. The van der Waals surface area contributed by atoms with Gasteiger partial charge in [0.05, 0.1) is 0 Å². The highest BCUT2D eigenvalue weighted by Crippen LogP contribution is 2.13. The van der Waals surface area contributed by atoms with E-state index in [1.807, 2.05) is 30.3 Å². The number of rotatable bonds is 3. The van der Waals surface area contributed by atoms with Gasteiger partial charge in [0.15, 0.2) is 11.7 Å². The first-order valence-corrected chi connectivity index (χ1v) is 5.16. The lowest BCUT2D eigenvalue weighted by Crippen LogP contribution is -2.17. The summed E-state index contributed by atoms with van der Waals surface area (Å²) in [5, 5.41) is 7.22. The molecule has 0 amide bonds. The van der Waals surface area contributed by atoms with Crippen molar-refractivity contribution in [2.45, 2.75) is 6.42 Å². The van der Waals surface area contributed by atoms with Gasteiger partial charge in [-0.15, -0.1) is 0 Å². The Kier molecular flexibility index (Phi) is 3.00. The van der Waals surface area contributed by atoms with Gasteiger partial charge in [0, 0.05) is 18.2 Å². The Morgan fingerprint density at radius 1 is 1.24 bits per heavy atom. The van der Waals surface area contributed by atoms with Crippen LogP contribution in [0.2, 0.25) is 0 Å². The molecule has 17 heavy (non-hydrogen) atoms. The monoisotopic (exact) mass is 227 g/mol. The molecular weight excluding hydrogens is 214 g/mol. The maximum atomic E-state index is 7.22. The van der Waals surface area contributed by atoms with E-state index in [0.717, 1.165) is 11.1 Å². The normalized spacial score (nSPS) is 10.1. The topological polar surface area (TPSA) is 102 Å². The molecule has 5 N–H and O–H groups in total. The number of nitrogens with two attached hydrogens (primary N) is 2. The number of amidine groups is 1. The molecule has 0 saturated heterocycles. The van der Waals surface area contributed by atoms with Crippen molar-refractivity contribution in [1.82, 2.24) is 9.97 Å². The Labute approximate surface area is 99.0 Å². The van der Waals surface area contributed by atoms with Crippen molar-refractivity contribution in [2.24, 2.45) is 5.73 Å². The number of aromatic nitrogens is 2. The van der Waals surface area contributed by atoms with E-state index in [9.17, 15) is 0 Å². The third kappa shape index (κ3) is 2.57. The number of benzene rings is 1. The largest absolute Gasteiger partial charge is 0.383 e. The first-order valence-electron chi connectivity index (χ1n) is 5.16. The fraction of sp³-hybridized carbons (Fsp3) is 0.0833. The van der Waals surface area contributed by atoms with Crippen LogP contribution in [0.5, 0.6) is 0 Å². The van der Waals surface area contributed by atoms with Gasteiger partial charge < -0.3 is 11.5 Å². The predicted molar refractivity (Wildman–Crippen MR) is 66.7 cm³/mol. The summed E-state index contributed by atoms with van der Waals surface area (Å²) in [6, 6.07) is 9.92. The average molecular weight is 227 g/mol. The summed E-state index contributed by atoms with van der Waals surface area (Å²) in [5.74, 6) is 0.358. The SMILES string of the molecule is N=C(N)c1ncc(Cc2ccccc2)c(N)n1. The van der Waals surface area contributed by atoms with Crippen LogP contribution in [0, 0.1) is 5.41 Å². The molecule has 0 radical (unpaired) electrons. The summed E-state index contributed by atoms with van der Waals surface area (Å²) in [5.41, 5.74) is 13.1. The van der Waals surface area contributed by atoms with E-state index >= 15 is 0 Å².